The number of hydrogen-bond donors (Lipinski definition) is 1. The predicted molar refractivity (Wildman–Crippen MR) is 80.5 cm³/mol. The van der Waals surface area contributed by atoms with Crippen molar-refractivity contribution in [1.29, 1.82) is 0 Å². The summed E-state index contributed by atoms with van der Waals surface area (Å²) in [5.41, 5.74) is 0.642. The number of pyridine rings is 1. The molecule has 1 amide bonds. The molecular formula is C16H11F2N3O2. The molecule has 0 unspecified atom stereocenters. The van der Waals surface area contributed by atoms with Gasteiger partial charge in [-0.15, -0.1) is 0 Å². The van der Waals surface area contributed by atoms with E-state index in [0.717, 1.165) is 23.9 Å². The van der Waals surface area contributed by atoms with Gasteiger partial charge >= 0.3 is 0 Å². The van der Waals surface area contributed by atoms with E-state index in [1.165, 1.54) is 16.7 Å². The second kappa shape index (κ2) is 5.60. The molecule has 0 saturated heterocycles. The smallest absolute Gasteiger partial charge is 0.270 e. The highest BCUT2D eigenvalue weighted by Gasteiger charge is 2.14. The lowest BCUT2D eigenvalue weighted by atomic mass is 10.2. The van der Waals surface area contributed by atoms with E-state index in [-0.39, 0.29) is 11.3 Å². The summed E-state index contributed by atoms with van der Waals surface area (Å²) in [6, 6.07) is 6.35. The Labute approximate surface area is 129 Å². The maximum Gasteiger partial charge on any atom is 0.270 e. The van der Waals surface area contributed by atoms with E-state index in [4.69, 9.17) is 0 Å². The summed E-state index contributed by atoms with van der Waals surface area (Å²) in [6.07, 6.45) is 2.68. The first-order valence-corrected chi connectivity index (χ1v) is 6.70. The van der Waals surface area contributed by atoms with Crippen LogP contribution in [0.3, 0.4) is 0 Å². The average molecular weight is 315 g/mol. The molecule has 0 atom stereocenters. The van der Waals surface area contributed by atoms with Gasteiger partial charge in [0, 0.05) is 24.1 Å². The molecule has 3 rings (SSSR count). The summed E-state index contributed by atoms with van der Waals surface area (Å²) in [6.45, 7) is 1.86. The molecule has 0 fully saturated rings. The highest BCUT2D eigenvalue weighted by Crippen LogP contribution is 2.13. The van der Waals surface area contributed by atoms with Gasteiger partial charge in [-0.05, 0) is 36.8 Å². The van der Waals surface area contributed by atoms with E-state index >= 15 is 0 Å². The Morgan fingerprint density at radius 2 is 1.96 bits per heavy atom. The van der Waals surface area contributed by atoms with Crippen molar-refractivity contribution < 1.29 is 13.6 Å². The molecule has 5 nitrogen and oxygen atoms in total. The van der Waals surface area contributed by atoms with E-state index < -0.39 is 23.1 Å². The third kappa shape index (κ3) is 2.80. The first kappa shape index (κ1) is 14.8. The minimum Gasteiger partial charge on any atom is -0.322 e. The fraction of sp³-hybridized carbons (Fsp3) is 0.0625. The van der Waals surface area contributed by atoms with Gasteiger partial charge in [0.15, 0.2) is 11.6 Å². The van der Waals surface area contributed by atoms with Gasteiger partial charge in [-0.3, -0.25) is 14.0 Å². The molecule has 7 heteroatoms. The first-order chi connectivity index (χ1) is 11.0. The molecule has 2 heterocycles. The van der Waals surface area contributed by atoms with Crippen LogP contribution in [0.1, 0.15) is 15.9 Å². The summed E-state index contributed by atoms with van der Waals surface area (Å²) < 4.78 is 27.3. The van der Waals surface area contributed by atoms with Crippen molar-refractivity contribution in [2.75, 3.05) is 5.32 Å². The van der Waals surface area contributed by atoms with Crippen LogP contribution < -0.4 is 10.9 Å². The lowest BCUT2D eigenvalue weighted by Crippen LogP contribution is -2.26. The summed E-state index contributed by atoms with van der Waals surface area (Å²) >= 11 is 0. The summed E-state index contributed by atoms with van der Waals surface area (Å²) in [4.78, 5) is 28.5. The monoisotopic (exact) mass is 315 g/mol. The average Bonchev–Trinajstić information content (AvgIpc) is 2.51. The number of hydrogen-bond acceptors (Lipinski definition) is 3. The molecule has 0 spiro atoms. The molecule has 23 heavy (non-hydrogen) atoms. The molecule has 1 N–H and O–H groups in total. The standard InChI is InChI=1S/C16H11F2N3O2/c1-9-4-5-21-14(6-9)19-8-11(16(21)23)15(22)20-10-2-3-12(17)13(18)7-10/h2-8H,1H3,(H,20,22). The minimum absolute atomic E-state index is 0.0438. The van der Waals surface area contributed by atoms with Gasteiger partial charge in [-0.25, -0.2) is 13.8 Å². The van der Waals surface area contributed by atoms with Gasteiger partial charge in [0.2, 0.25) is 0 Å². The Morgan fingerprint density at radius 1 is 1.17 bits per heavy atom. The molecule has 0 bridgehead atoms. The molecular weight excluding hydrogens is 304 g/mol. The Kier molecular flexibility index (Phi) is 3.61. The van der Waals surface area contributed by atoms with Crippen LogP contribution in [0.25, 0.3) is 5.65 Å². The number of halogens is 2. The van der Waals surface area contributed by atoms with Gasteiger partial charge in [-0.1, -0.05) is 0 Å². The third-order valence-corrected chi connectivity index (χ3v) is 3.29. The van der Waals surface area contributed by atoms with Gasteiger partial charge in [0.05, 0.1) is 0 Å². The fourth-order valence-corrected chi connectivity index (χ4v) is 2.10. The van der Waals surface area contributed by atoms with Crippen LogP contribution in [0.15, 0.2) is 47.5 Å². The molecule has 1 aromatic carbocycles. The maximum absolute atomic E-state index is 13.2. The van der Waals surface area contributed by atoms with Crippen LogP contribution >= 0.6 is 0 Å². The molecule has 0 radical (unpaired) electrons. The van der Waals surface area contributed by atoms with Crippen molar-refractivity contribution in [2.24, 2.45) is 0 Å². The zero-order valence-electron chi connectivity index (χ0n) is 12.0. The van der Waals surface area contributed by atoms with E-state index in [1.54, 1.807) is 12.1 Å². The van der Waals surface area contributed by atoms with E-state index in [0.29, 0.717) is 5.65 Å². The van der Waals surface area contributed by atoms with Crippen LogP contribution in [-0.2, 0) is 0 Å². The topological polar surface area (TPSA) is 63.5 Å². The molecule has 0 aliphatic carbocycles. The zero-order valence-corrected chi connectivity index (χ0v) is 12.0. The van der Waals surface area contributed by atoms with Gasteiger partial charge in [-0.2, -0.15) is 0 Å². The predicted octanol–water partition coefficient (Wildman–Crippen LogP) is 2.53. The van der Waals surface area contributed by atoms with Crippen molar-refractivity contribution in [3.05, 3.63) is 75.8 Å². The Bertz CT molecular complexity index is 983. The van der Waals surface area contributed by atoms with Crippen molar-refractivity contribution >= 4 is 17.2 Å². The second-order valence-corrected chi connectivity index (χ2v) is 4.99. The molecule has 116 valence electrons. The number of aromatic nitrogens is 2. The Morgan fingerprint density at radius 3 is 2.70 bits per heavy atom. The number of amides is 1. The van der Waals surface area contributed by atoms with Crippen molar-refractivity contribution in [3.8, 4) is 0 Å². The minimum atomic E-state index is -1.09. The van der Waals surface area contributed by atoms with Gasteiger partial charge in [0.25, 0.3) is 11.5 Å². The lowest BCUT2D eigenvalue weighted by Gasteiger charge is -2.07. The van der Waals surface area contributed by atoms with Crippen LogP contribution in [0.2, 0.25) is 0 Å². The number of aryl methyl sites for hydroxylation is 1. The molecule has 0 aliphatic rings. The van der Waals surface area contributed by atoms with Crippen molar-refractivity contribution in [3.63, 3.8) is 0 Å². The van der Waals surface area contributed by atoms with Gasteiger partial charge in [0.1, 0.15) is 11.2 Å². The van der Waals surface area contributed by atoms with Crippen LogP contribution in [0.4, 0.5) is 14.5 Å². The lowest BCUT2D eigenvalue weighted by molar-refractivity contribution is 0.102. The summed E-state index contributed by atoms with van der Waals surface area (Å²) in [5.74, 6) is -2.86. The van der Waals surface area contributed by atoms with Gasteiger partial charge < -0.3 is 5.32 Å². The summed E-state index contributed by atoms with van der Waals surface area (Å²) in [5, 5.41) is 2.34. The van der Waals surface area contributed by atoms with Crippen molar-refractivity contribution in [1.82, 2.24) is 9.38 Å². The SMILES string of the molecule is Cc1ccn2c(=O)c(C(=O)Nc3ccc(F)c(F)c3)cnc2c1. The fourth-order valence-electron chi connectivity index (χ4n) is 2.10. The Balaban J connectivity index is 1.97. The third-order valence-electron chi connectivity index (χ3n) is 3.29. The Hall–Kier alpha value is -3.09. The number of nitrogens with one attached hydrogen (secondary N) is 1. The van der Waals surface area contributed by atoms with Crippen molar-refractivity contribution in [2.45, 2.75) is 6.92 Å². The highest BCUT2D eigenvalue weighted by molar-refractivity contribution is 6.03. The highest BCUT2D eigenvalue weighted by atomic mass is 19.2. The summed E-state index contributed by atoms with van der Waals surface area (Å²) in [7, 11) is 0. The number of anilines is 1. The van der Waals surface area contributed by atoms with Crippen LogP contribution in [-0.4, -0.2) is 15.3 Å². The van der Waals surface area contributed by atoms with E-state index in [2.05, 4.69) is 10.3 Å². The number of benzene rings is 1. The molecule has 3 aromatic rings. The van der Waals surface area contributed by atoms with E-state index in [9.17, 15) is 18.4 Å². The van der Waals surface area contributed by atoms with Crippen LogP contribution in [0.5, 0.6) is 0 Å². The quantitative estimate of drug-likeness (QED) is 0.790. The molecule has 2 aromatic heterocycles. The zero-order chi connectivity index (χ0) is 16.6. The van der Waals surface area contributed by atoms with E-state index in [1.807, 2.05) is 6.92 Å². The number of rotatable bonds is 2. The first-order valence-electron chi connectivity index (χ1n) is 6.70. The van der Waals surface area contributed by atoms with Crippen LogP contribution in [0, 0.1) is 18.6 Å². The number of carbonyl (C=O) groups is 1. The number of nitrogens with zero attached hydrogens (tertiary/aromatic N) is 2. The molecule has 0 saturated carbocycles. The largest absolute Gasteiger partial charge is 0.322 e. The molecule has 0 aliphatic heterocycles. The number of fused-ring (bicyclic) bond motifs is 1. The maximum atomic E-state index is 13.2. The normalized spacial score (nSPS) is 10.7. The second-order valence-electron chi connectivity index (χ2n) is 4.99. The number of carbonyl (C=O) groups excluding carboxylic acids is 1.